The van der Waals surface area contributed by atoms with Gasteiger partial charge in [-0.05, 0) is 0 Å². The minimum atomic E-state index is -0.854. The molecule has 4 nitrogen and oxygen atoms in total. The summed E-state index contributed by atoms with van der Waals surface area (Å²) in [4.78, 5) is 23.3. The van der Waals surface area contributed by atoms with Gasteiger partial charge in [-0.15, -0.1) is 0 Å². The molecular formula is C15H30AsNO3. The fraction of sp³-hybridized carbons (Fsp3) is 0.867. The molecule has 5 heteroatoms. The molecule has 0 aliphatic carbocycles. The zero-order chi connectivity index (χ0) is 15.9. The van der Waals surface area contributed by atoms with Crippen LogP contribution in [0.15, 0.2) is 0 Å². The van der Waals surface area contributed by atoms with Crippen LogP contribution in [0, 0.1) is 17.8 Å². The predicted molar refractivity (Wildman–Crippen MR) is 84.6 cm³/mol. The normalized spacial score (nSPS) is 18.7. The molecule has 0 fully saturated rings. The van der Waals surface area contributed by atoms with Crippen LogP contribution >= 0.6 is 0 Å². The zero-order valence-corrected chi connectivity index (χ0v) is 15.8. The number of hydrogen-bond acceptors (Lipinski definition) is 2. The summed E-state index contributed by atoms with van der Waals surface area (Å²) in [7, 11) is 0. The van der Waals surface area contributed by atoms with E-state index in [0.29, 0.717) is 11.8 Å². The van der Waals surface area contributed by atoms with Crippen LogP contribution in [0.3, 0.4) is 0 Å². The van der Waals surface area contributed by atoms with Crippen LogP contribution in [-0.4, -0.2) is 39.9 Å². The molecule has 20 heavy (non-hydrogen) atoms. The molecule has 0 aliphatic rings. The van der Waals surface area contributed by atoms with E-state index >= 15 is 0 Å². The Bertz CT molecular complexity index is 322. The van der Waals surface area contributed by atoms with Crippen LogP contribution in [0.5, 0.6) is 0 Å². The number of carboxylic acid groups (broad SMARTS) is 1. The Morgan fingerprint density at radius 1 is 1.10 bits per heavy atom. The van der Waals surface area contributed by atoms with E-state index in [9.17, 15) is 9.59 Å². The minimum absolute atomic E-state index is 0.000697. The number of aliphatic carboxylic acids is 1. The molecule has 0 radical (unpaired) electrons. The van der Waals surface area contributed by atoms with Crippen molar-refractivity contribution < 1.29 is 14.7 Å². The topological polar surface area (TPSA) is 66.4 Å². The quantitative estimate of drug-likeness (QED) is 0.628. The van der Waals surface area contributed by atoms with Crippen molar-refractivity contribution >= 4 is 28.7 Å². The number of amides is 1. The molecule has 0 aliphatic heterocycles. The molecule has 0 heterocycles. The van der Waals surface area contributed by atoms with Crippen molar-refractivity contribution in [1.82, 2.24) is 5.32 Å². The van der Waals surface area contributed by atoms with E-state index in [0.717, 1.165) is 12.8 Å². The Kier molecular flexibility index (Phi) is 9.20. The number of hydrogen-bond donors (Lipinski definition) is 2. The standard InChI is InChI=1S/C15H30AsNO3/c1-6-9(3)11(5)12(8-13(18)19)17-15(20)14(16)10(4)7-2/h9-12,14H,6-8,16H2,1-5H3,(H,17,20)(H,18,19)/t9?,10?,11?,12?,14-/m0/s1. The van der Waals surface area contributed by atoms with Gasteiger partial charge >= 0.3 is 131 Å². The number of rotatable bonds is 9. The summed E-state index contributed by atoms with van der Waals surface area (Å²) in [6.07, 6.45) is 1.94. The summed E-state index contributed by atoms with van der Waals surface area (Å²) in [6.45, 7) is 10.4. The SMILES string of the molecule is CCC(C)C(C)C(CC(=O)O)NC(=O)[C@@H]([AsH2])C(C)CC. The van der Waals surface area contributed by atoms with Gasteiger partial charge in [0.05, 0.1) is 0 Å². The van der Waals surface area contributed by atoms with Crippen molar-refractivity contribution in [1.29, 1.82) is 0 Å². The van der Waals surface area contributed by atoms with Crippen molar-refractivity contribution in [2.75, 3.05) is 0 Å². The van der Waals surface area contributed by atoms with Crippen LogP contribution in [0.2, 0.25) is 4.71 Å². The van der Waals surface area contributed by atoms with Crippen molar-refractivity contribution in [3.05, 3.63) is 0 Å². The van der Waals surface area contributed by atoms with E-state index in [1.54, 1.807) is 0 Å². The van der Waals surface area contributed by atoms with Gasteiger partial charge in [0, 0.05) is 0 Å². The van der Waals surface area contributed by atoms with Crippen molar-refractivity contribution in [2.45, 2.75) is 64.6 Å². The summed E-state index contributed by atoms with van der Waals surface area (Å²) in [5, 5.41) is 12.0. The van der Waals surface area contributed by atoms with Crippen molar-refractivity contribution in [3.8, 4) is 0 Å². The molecule has 2 N–H and O–H groups in total. The summed E-state index contributed by atoms with van der Waals surface area (Å²) >= 11 is 1.41. The molecule has 0 rings (SSSR count). The average molecular weight is 347 g/mol. The average Bonchev–Trinajstić information content (AvgIpc) is 2.42. The van der Waals surface area contributed by atoms with E-state index in [1.165, 1.54) is 16.9 Å². The molecule has 118 valence electrons. The van der Waals surface area contributed by atoms with E-state index in [1.807, 2.05) is 6.92 Å². The predicted octanol–water partition coefficient (Wildman–Crippen LogP) is 2.10. The first kappa shape index (κ1) is 19.5. The molecule has 0 saturated heterocycles. The molecular weight excluding hydrogens is 317 g/mol. The van der Waals surface area contributed by atoms with Crippen molar-refractivity contribution in [3.63, 3.8) is 0 Å². The second-order valence-corrected chi connectivity index (χ2v) is 7.38. The molecule has 0 aromatic heterocycles. The monoisotopic (exact) mass is 347 g/mol. The summed E-state index contributed by atoms with van der Waals surface area (Å²) < 4.78 is -0.0204. The van der Waals surface area contributed by atoms with Gasteiger partial charge in [0.1, 0.15) is 0 Å². The number of carbonyl (C=O) groups excluding carboxylic acids is 1. The molecule has 0 bridgehead atoms. The summed E-state index contributed by atoms with van der Waals surface area (Å²) in [5.41, 5.74) is 0. The third kappa shape index (κ3) is 6.30. The number of carboxylic acids is 1. The second-order valence-electron chi connectivity index (χ2n) is 5.87. The molecule has 0 aromatic carbocycles. The summed E-state index contributed by atoms with van der Waals surface area (Å²) in [5.74, 6) is 0.0352. The maximum atomic E-state index is 12.3. The Morgan fingerprint density at radius 2 is 1.60 bits per heavy atom. The van der Waals surface area contributed by atoms with Gasteiger partial charge in [-0.25, -0.2) is 0 Å². The van der Waals surface area contributed by atoms with Gasteiger partial charge in [0.25, 0.3) is 0 Å². The van der Waals surface area contributed by atoms with Crippen LogP contribution in [-0.2, 0) is 9.59 Å². The fourth-order valence-electron chi connectivity index (χ4n) is 2.12. The summed E-state index contributed by atoms with van der Waals surface area (Å²) in [6, 6.07) is -0.280. The van der Waals surface area contributed by atoms with E-state index in [2.05, 4.69) is 33.0 Å². The van der Waals surface area contributed by atoms with Crippen LogP contribution in [0.25, 0.3) is 0 Å². The van der Waals surface area contributed by atoms with E-state index < -0.39 is 5.97 Å². The van der Waals surface area contributed by atoms with Gasteiger partial charge in [-0.2, -0.15) is 0 Å². The Hall–Kier alpha value is -0.502. The van der Waals surface area contributed by atoms with E-state index in [-0.39, 0.29) is 29.0 Å². The van der Waals surface area contributed by atoms with Crippen LogP contribution in [0.4, 0.5) is 0 Å². The number of carbonyl (C=O) groups is 2. The fourth-order valence-corrected chi connectivity index (χ4v) is 2.89. The molecule has 0 spiro atoms. The van der Waals surface area contributed by atoms with Gasteiger partial charge < -0.3 is 0 Å². The maximum absolute atomic E-state index is 12.3. The Morgan fingerprint density at radius 3 is 2.00 bits per heavy atom. The van der Waals surface area contributed by atoms with Crippen LogP contribution in [0.1, 0.15) is 53.9 Å². The molecule has 5 unspecified atom stereocenters. The van der Waals surface area contributed by atoms with E-state index in [4.69, 9.17) is 5.11 Å². The number of nitrogens with one attached hydrogen (secondary N) is 1. The first-order chi connectivity index (χ1) is 9.24. The third-order valence-electron chi connectivity index (χ3n) is 4.46. The zero-order valence-electron chi connectivity index (χ0n) is 13.3. The van der Waals surface area contributed by atoms with Gasteiger partial charge in [-0.1, -0.05) is 0 Å². The first-order valence-electron chi connectivity index (χ1n) is 7.52. The Labute approximate surface area is 131 Å². The van der Waals surface area contributed by atoms with Gasteiger partial charge in [0.15, 0.2) is 0 Å². The Balaban J connectivity index is 4.80. The molecule has 0 aromatic rings. The van der Waals surface area contributed by atoms with Gasteiger partial charge in [-0.3, -0.25) is 0 Å². The third-order valence-corrected chi connectivity index (χ3v) is 6.47. The first-order valence-corrected chi connectivity index (χ1v) is 8.92. The molecule has 0 saturated carbocycles. The molecule has 1 amide bonds. The second kappa shape index (κ2) is 9.44. The van der Waals surface area contributed by atoms with Gasteiger partial charge in [0.2, 0.25) is 0 Å². The van der Waals surface area contributed by atoms with Crippen LogP contribution < -0.4 is 5.32 Å². The van der Waals surface area contributed by atoms with Crippen molar-refractivity contribution in [2.24, 2.45) is 17.8 Å². The molecule has 6 atom stereocenters.